The van der Waals surface area contributed by atoms with Crippen molar-refractivity contribution in [1.82, 2.24) is 0 Å². The predicted molar refractivity (Wildman–Crippen MR) is 160 cm³/mol. The molecule has 1 aliphatic carbocycles. The normalized spacial score (nSPS) is 22.6. The molecule has 3 aliphatic rings. The molecule has 4 atom stereocenters. The van der Waals surface area contributed by atoms with Crippen molar-refractivity contribution >= 4 is 29.7 Å². The van der Waals surface area contributed by atoms with E-state index in [2.05, 4.69) is 0 Å². The molecule has 234 valence electrons. The van der Waals surface area contributed by atoms with Crippen molar-refractivity contribution in [3.63, 3.8) is 0 Å². The number of allylic oxidation sites excluding steroid dienone is 5. The van der Waals surface area contributed by atoms with Crippen molar-refractivity contribution in [2.45, 2.75) is 50.4 Å². The van der Waals surface area contributed by atoms with E-state index in [1.165, 1.54) is 12.3 Å². The Morgan fingerprint density at radius 3 is 2.29 bits per heavy atom. The van der Waals surface area contributed by atoms with Gasteiger partial charge in [-0.25, -0.2) is 0 Å². The van der Waals surface area contributed by atoms with Crippen molar-refractivity contribution < 1.29 is 48.0 Å². The maximum absolute atomic E-state index is 12.5. The molecule has 0 amide bonds. The van der Waals surface area contributed by atoms with Crippen LogP contribution in [0.5, 0.6) is 5.75 Å². The Balaban J connectivity index is 0.991. The Kier molecular flexibility index (Phi) is 10.7. The highest BCUT2D eigenvalue weighted by Gasteiger charge is 2.53. The van der Waals surface area contributed by atoms with Crippen LogP contribution < -0.4 is 4.74 Å². The highest BCUT2D eigenvalue weighted by Crippen LogP contribution is 2.51. The summed E-state index contributed by atoms with van der Waals surface area (Å²) >= 11 is 0. The van der Waals surface area contributed by atoms with Gasteiger partial charge < -0.3 is 19.1 Å². The van der Waals surface area contributed by atoms with E-state index in [4.69, 9.17) is 24.0 Å². The van der Waals surface area contributed by atoms with E-state index in [-0.39, 0.29) is 18.6 Å². The smallest absolute Gasteiger partial charge is 0.321 e. The molecule has 0 saturated carbocycles. The number of ether oxygens (including phenoxy) is 3. The lowest BCUT2D eigenvalue weighted by molar-refractivity contribution is -0.249. The van der Waals surface area contributed by atoms with Crippen LogP contribution in [0.25, 0.3) is 0 Å². The zero-order valence-corrected chi connectivity index (χ0v) is 24.6. The van der Waals surface area contributed by atoms with Gasteiger partial charge in [-0.2, -0.15) is 4.89 Å². The fourth-order valence-electron chi connectivity index (χ4n) is 5.89. The molecule has 2 saturated heterocycles. The van der Waals surface area contributed by atoms with Crippen LogP contribution >= 0.6 is 0 Å². The monoisotopic (exact) mass is 614 g/mol. The number of unbranched alkanes of at least 4 members (excludes halogenated alkanes) is 3. The summed E-state index contributed by atoms with van der Waals surface area (Å²) in [5, 5.41) is 0. The van der Waals surface area contributed by atoms with Crippen molar-refractivity contribution in [1.29, 1.82) is 0 Å². The van der Waals surface area contributed by atoms with E-state index in [0.717, 1.165) is 31.2 Å². The lowest BCUT2D eigenvalue weighted by Gasteiger charge is -2.33. The Labute approximate surface area is 260 Å². The van der Waals surface area contributed by atoms with E-state index in [0.29, 0.717) is 30.1 Å². The van der Waals surface area contributed by atoms with Crippen LogP contribution in [0, 0.1) is 11.8 Å². The molecule has 45 heavy (non-hydrogen) atoms. The number of cyclic esters (lactones) is 4. The topological polar surface area (TPSA) is 132 Å². The van der Waals surface area contributed by atoms with Gasteiger partial charge in [0.15, 0.2) is 5.78 Å². The van der Waals surface area contributed by atoms with Crippen LogP contribution in [-0.4, -0.2) is 42.9 Å². The van der Waals surface area contributed by atoms with E-state index in [1.54, 1.807) is 48.6 Å². The standard InChI is InChI=1S/C35H34O10/c36-30(23-12-6-5-7-13-23)14-8-1-2-10-18-42-43-19-11-4-3-9-17-41-24-15-16-25-26(28-22-31(37)44-33(28)38)21-29-32(27(25)20-24)35(40)45-34(29)39/h1-2,5-8,10,12-16,18,20,26,28-29,32H,3-4,9,11,17,19,21-22H2/b2-1+,14-8+,18-10+. The molecule has 0 bridgehead atoms. The van der Waals surface area contributed by atoms with Crippen LogP contribution in [0.2, 0.25) is 0 Å². The average molecular weight is 615 g/mol. The summed E-state index contributed by atoms with van der Waals surface area (Å²) in [5.74, 6) is -4.47. The summed E-state index contributed by atoms with van der Waals surface area (Å²) in [4.78, 5) is 71.1. The molecule has 0 spiro atoms. The minimum absolute atomic E-state index is 0.0510. The number of benzene rings is 2. The number of fused-ring (bicyclic) bond motifs is 3. The lowest BCUT2D eigenvalue weighted by Crippen LogP contribution is -2.31. The molecule has 0 radical (unpaired) electrons. The molecule has 2 aliphatic heterocycles. The number of carbonyl (C=O) groups is 5. The van der Waals surface area contributed by atoms with Gasteiger partial charge in [0, 0.05) is 5.56 Å². The number of rotatable bonds is 15. The maximum Gasteiger partial charge on any atom is 0.321 e. The number of hydrogen-bond acceptors (Lipinski definition) is 10. The highest BCUT2D eigenvalue weighted by molar-refractivity contribution is 6.04. The van der Waals surface area contributed by atoms with Gasteiger partial charge in [0.1, 0.15) is 12.0 Å². The predicted octanol–water partition coefficient (Wildman–Crippen LogP) is 5.44. The van der Waals surface area contributed by atoms with E-state index in [1.807, 2.05) is 24.3 Å². The molecule has 2 aromatic rings. The number of ketones is 1. The molecule has 2 aromatic carbocycles. The fourth-order valence-corrected chi connectivity index (χ4v) is 5.89. The van der Waals surface area contributed by atoms with Crippen LogP contribution in [0.3, 0.4) is 0 Å². The first-order valence-electron chi connectivity index (χ1n) is 15.1. The quantitative estimate of drug-likeness (QED) is 0.0294. The number of esters is 4. The largest absolute Gasteiger partial charge is 0.494 e. The molecule has 5 rings (SSSR count). The van der Waals surface area contributed by atoms with Gasteiger partial charge in [0.05, 0.1) is 37.4 Å². The number of hydrogen-bond donors (Lipinski definition) is 0. The number of carbonyl (C=O) groups excluding carboxylic acids is 5. The summed E-state index contributed by atoms with van der Waals surface area (Å²) in [6.45, 7) is 0.894. The van der Waals surface area contributed by atoms with Gasteiger partial charge in [-0.05, 0) is 67.0 Å². The Morgan fingerprint density at radius 1 is 0.756 bits per heavy atom. The van der Waals surface area contributed by atoms with Crippen molar-refractivity contribution in [3.05, 3.63) is 102 Å². The molecule has 4 unspecified atom stereocenters. The summed E-state index contributed by atoms with van der Waals surface area (Å²) in [7, 11) is 0. The first-order chi connectivity index (χ1) is 21.9. The van der Waals surface area contributed by atoms with Gasteiger partial charge >= 0.3 is 23.9 Å². The first-order valence-corrected chi connectivity index (χ1v) is 15.1. The zero-order valence-electron chi connectivity index (χ0n) is 24.6. The summed E-state index contributed by atoms with van der Waals surface area (Å²) in [5.41, 5.74) is 1.98. The fraction of sp³-hybridized carbons (Fsp3) is 0.343. The van der Waals surface area contributed by atoms with Gasteiger partial charge in [-0.15, -0.1) is 0 Å². The third-order valence-corrected chi connectivity index (χ3v) is 8.08. The Bertz CT molecular complexity index is 1510. The molecule has 2 fully saturated rings. The van der Waals surface area contributed by atoms with Gasteiger partial charge in [-0.1, -0.05) is 61.0 Å². The first kappa shape index (κ1) is 31.6. The van der Waals surface area contributed by atoms with Crippen molar-refractivity contribution in [2.75, 3.05) is 13.2 Å². The minimum atomic E-state index is -0.749. The van der Waals surface area contributed by atoms with Crippen molar-refractivity contribution in [2.24, 2.45) is 11.8 Å². The van der Waals surface area contributed by atoms with Crippen molar-refractivity contribution in [3.8, 4) is 5.75 Å². The minimum Gasteiger partial charge on any atom is -0.494 e. The molecule has 10 heteroatoms. The van der Waals surface area contributed by atoms with Gasteiger partial charge in [0.2, 0.25) is 0 Å². The van der Waals surface area contributed by atoms with E-state index >= 15 is 0 Å². The Hall–Kier alpha value is -4.83. The second kappa shape index (κ2) is 15.3. The van der Waals surface area contributed by atoms with Gasteiger partial charge in [-0.3, -0.25) is 24.0 Å². The van der Waals surface area contributed by atoms with Crippen LogP contribution in [0.1, 0.15) is 71.8 Å². The van der Waals surface area contributed by atoms with Crippen LogP contribution in [0.4, 0.5) is 0 Å². The zero-order chi connectivity index (χ0) is 31.6. The van der Waals surface area contributed by atoms with E-state index in [9.17, 15) is 24.0 Å². The average Bonchev–Trinajstić information content (AvgIpc) is 3.54. The molecule has 0 aromatic heterocycles. The summed E-state index contributed by atoms with van der Waals surface area (Å²) in [6, 6.07) is 14.4. The lowest BCUT2D eigenvalue weighted by atomic mass is 9.67. The second-order valence-electron chi connectivity index (χ2n) is 11.0. The summed E-state index contributed by atoms with van der Waals surface area (Å²) in [6.07, 6.45) is 13.3. The molecule has 0 N–H and O–H groups in total. The highest BCUT2D eigenvalue weighted by atomic mass is 17.2. The van der Waals surface area contributed by atoms with E-state index < -0.39 is 47.5 Å². The maximum atomic E-state index is 12.5. The Morgan fingerprint density at radius 2 is 1.51 bits per heavy atom. The molecular weight excluding hydrogens is 580 g/mol. The second-order valence-corrected chi connectivity index (χ2v) is 11.0. The SMILES string of the molecule is O=C1CC(C2CC3C(=O)OC(=O)C3c3cc(OCCCCCCOO/C=C/C=C/C=C/C(=O)c4ccccc4)ccc32)C(=O)O1. The molecule has 2 heterocycles. The molecule has 10 nitrogen and oxygen atoms in total. The third-order valence-electron chi connectivity index (χ3n) is 8.08. The summed E-state index contributed by atoms with van der Waals surface area (Å²) < 4.78 is 15.6. The molecular formula is C35H34O10. The van der Waals surface area contributed by atoms with Crippen LogP contribution in [-0.2, 0) is 38.4 Å². The third kappa shape index (κ3) is 8.02. The van der Waals surface area contributed by atoms with Crippen LogP contribution in [0.15, 0.2) is 85.2 Å². The van der Waals surface area contributed by atoms with Gasteiger partial charge in [0.25, 0.3) is 0 Å².